The number of aryl methyl sites for hydroxylation is 1. The predicted octanol–water partition coefficient (Wildman–Crippen LogP) is 3.42. The van der Waals surface area contributed by atoms with Gasteiger partial charge in [0.15, 0.2) is 0 Å². The van der Waals surface area contributed by atoms with Crippen LogP contribution >= 0.6 is 0 Å². The number of carboxylic acids is 1. The summed E-state index contributed by atoms with van der Waals surface area (Å²) >= 11 is 0. The van der Waals surface area contributed by atoms with Crippen LogP contribution in [0.3, 0.4) is 0 Å². The monoisotopic (exact) mass is 736 g/mol. The number of anilines is 1. The van der Waals surface area contributed by atoms with Crippen molar-refractivity contribution in [2.24, 2.45) is 0 Å². The summed E-state index contributed by atoms with van der Waals surface area (Å²) in [7, 11) is -13.0. The van der Waals surface area contributed by atoms with Gasteiger partial charge < -0.3 is 19.6 Å². The van der Waals surface area contributed by atoms with Crippen LogP contribution in [-0.4, -0.2) is 98.7 Å². The second kappa shape index (κ2) is 13.2. The molecule has 1 fully saturated rings. The average molecular weight is 737 g/mol. The molecule has 1 aliphatic carbocycles. The van der Waals surface area contributed by atoms with Crippen LogP contribution in [0.4, 0.5) is 5.69 Å². The lowest BCUT2D eigenvalue weighted by atomic mass is 9.80. The highest BCUT2D eigenvalue weighted by atomic mass is 32.2. The fourth-order valence-corrected chi connectivity index (χ4v) is 8.57. The molecule has 3 aliphatic heterocycles. The van der Waals surface area contributed by atoms with Crippen molar-refractivity contribution in [2.75, 3.05) is 42.6 Å². The van der Waals surface area contributed by atoms with E-state index in [9.17, 15) is 48.8 Å². The zero-order chi connectivity index (χ0) is 35.3. The molecule has 6 rings (SSSR count). The van der Waals surface area contributed by atoms with E-state index in [0.717, 1.165) is 47.5 Å². The molecule has 1 atom stereocenters. The van der Waals surface area contributed by atoms with E-state index < -0.39 is 47.3 Å². The van der Waals surface area contributed by atoms with E-state index >= 15 is 0 Å². The number of hydrogen-bond acceptors (Lipinski definition) is 10. The Hall–Kier alpha value is -3.74. The third kappa shape index (κ3) is 7.71. The molecule has 1 saturated heterocycles. The van der Waals surface area contributed by atoms with Gasteiger partial charge in [0.2, 0.25) is 0 Å². The molecule has 0 bridgehead atoms. The second-order valence-electron chi connectivity index (χ2n) is 12.5. The maximum absolute atomic E-state index is 12.6. The van der Waals surface area contributed by atoms with E-state index in [1.165, 1.54) is 6.07 Å². The first-order valence-electron chi connectivity index (χ1n) is 15.7. The fourth-order valence-electron chi connectivity index (χ4n) is 7.08. The third-order valence-corrected chi connectivity index (χ3v) is 11.6. The summed E-state index contributed by atoms with van der Waals surface area (Å²) in [5.41, 5.74) is 5.14. The van der Waals surface area contributed by atoms with Crippen LogP contribution in [0.1, 0.15) is 59.2 Å². The van der Waals surface area contributed by atoms with E-state index in [0.29, 0.717) is 61.5 Å². The molecule has 0 amide bonds. The number of benzene rings is 2. The number of nitrogens with zero attached hydrogens (tertiary/aromatic N) is 2. The first kappa shape index (κ1) is 35.1. The highest BCUT2D eigenvalue weighted by molar-refractivity contribution is 7.86. The zero-order valence-corrected chi connectivity index (χ0v) is 28.7. The smallest absolute Gasteiger partial charge is 0.336 e. The first-order valence-corrected chi connectivity index (χ1v) is 20.4. The topological polar surface area (TPSA) is 216 Å². The Kier molecular flexibility index (Phi) is 9.44. The molecule has 0 saturated carbocycles. The number of allylic oxidation sites excluding steroid dienone is 1. The first-order chi connectivity index (χ1) is 23.0. The Morgan fingerprint density at radius 1 is 0.837 bits per heavy atom. The molecule has 49 heavy (non-hydrogen) atoms. The molecule has 1 unspecified atom stereocenters. The number of fused-ring (bicyclic) bond motifs is 4. The Morgan fingerprint density at radius 3 is 2.14 bits per heavy atom. The van der Waals surface area contributed by atoms with Gasteiger partial charge >= 0.3 is 5.97 Å². The number of carboxylic acid groups (broad SMARTS) is 1. The van der Waals surface area contributed by atoms with Gasteiger partial charge in [-0.05, 0) is 85.6 Å². The van der Waals surface area contributed by atoms with E-state index in [1.807, 2.05) is 34.1 Å². The zero-order valence-electron chi connectivity index (χ0n) is 26.3. The largest absolute Gasteiger partial charge is 0.481 e. The molecule has 4 aliphatic rings. The number of carbonyl (C=O) groups is 1. The standard InChI is InChI=1S/C32H36N2O12S3/c35-32(36)24-17-22(49(43,44)45)7-8-23(24)31-25-15-20-5-1-9-33(11-3-13-47(37,38)39)27(20)18-29(25)46-30-19-28-21(16-26(30)31)6-2-10-34(28)12-4-14-48(40,41)42/h7-8,15-19,29H,1-6,9-14H2,(H,35,36)(H,37,38,39)(H,40,41,42)(H,43,44,45). The molecule has 17 heteroatoms. The van der Waals surface area contributed by atoms with Gasteiger partial charge in [-0.15, -0.1) is 0 Å². The van der Waals surface area contributed by atoms with Gasteiger partial charge in [-0.25, -0.2) is 4.79 Å². The Labute approximate surface area is 284 Å². The summed E-state index contributed by atoms with van der Waals surface area (Å²) in [5, 5.41) is 10.3. The number of hydrogen-bond donors (Lipinski definition) is 4. The van der Waals surface area contributed by atoms with Crippen molar-refractivity contribution in [1.82, 2.24) is 4.90 Å². The Morgan fingerprint density at radius 2 is 1.49 bits per heavy atom. The Balaban J connectivity index is 1.49. The van der Waals surface area contributed by atoms with E-state index in [-0.39, 0.29) is 35.5 Å². The minimum atomic E-state index is -4.71. The van der Waals surface area contributed by atoms with Crippen molar-refractivity contribution in [2.45, 2.75) is 49.5 Å². The van der Waals surface area contributed by atoms with Gasteiger partial charge in [-0.2, -0.15) is 25.3 Å². The lowest BCUT2D eigenvalue weighted by molar-refractivity contribution is 0.0696. The second-order valence-corrected chi connectivity index (χ2v) is 17.1. The minimum absolute atomic E-state index is 0.198. The molecule has 3 heterocycles. The molecule has 2 aromatic carbocycles. The number of rotatable bonds is 11. The van der Waals surface area contributed by atoms with Gasteiger partial charge in [0.1, 0.15) is 11.9 Å². The number of likely N-dealkylation sites (tertiary alicyclic amines) is 1. The van der Waals surface area contributed by atoms with Gasteiger partial charge in [-0.1, -0.05) is 6.07 Å². The summed E-state index contributed by atoms with van der Waals surface area (Å²) in [6.07, 6.45) is 6.42. The molecule has 14 nitrogen and oxygen atoms in total. The minimum Gasteiger partial charge on any atom is -0.481 e. The molecular formula is C32H36N2O12S3. The summed E-state index contributed by atoms with van der Waals surface area (Å²) < 4.78 is 104. The normalized spacial score (nSPS) is 19.2. The average Bonchev–Trinajstić information content (AvgIpc) is 3.00. The highest BCUT2D eigenvalue weighted by Gasteiger charge is 2.36. The van der Waals surface area contributed by atoms with Gasteiger partial charge in [0.25, 0.3) is 30.4 Å². The predicted molar refractivity (Wildman–Crippen MR) is 180 cm³/mol. The van der Waals surface area contributed by atoms with Crippen molar-refractivity contribution in [3.63, 3.8) is 0 Å². The van der Waals surface area contributed by atoms with E-state index in [4.69, 9.17) is 4.74 Å². The van der Waals surface area contributed by atoms with Crippen molar-refractivity contribution in [3.8, 4) is 5.75 Å². The number of piperidine rings is 1. The number of ether oxygens (including phenoxy) is 1. The summed E-state index contributed by atoms with van der Waals surface area (Å²) in [6, 6.07) is 7.19. The van der Waals surface area contributed by atoms with Crippen LogP contribution in [0.25, 0.3) is 5.57 Å². The summed E-state index contributed by atoms with van der Waals surface area (Å²) in [6.45, 7) is 2.02. The maximum Gasteiger partial charge on any atom is 0.336 e. The summed E-state index contributed by atoms with van der Waals surface area (Å²) in [5.74, 6) is -1.76. The molecular weight excluding hydrogens is 701 g/mol. The molecule has 0 spiro atoms. The molecule has 264 valence electrons. The lowest BCUT2D eigenvalue weighted by Gasteiger charge is -2.40. The van der Waals surface area contributed by atoms with Crippen LogP contribution < -0.4 is 9.64 Å². The van der Waals surface area contributed by atoms with Crippen LogP contribution in [0.5, 0.6) is 5.75 Å². The van der Waals surface area contributed by atoms with E-state index in [1.54, 1.807) is 0 Å². The SMILES string of the molecule is O=C(O)c1cc(S(=O)(=O)O)ccc1C1=C2C=C3CCCN(CCCS(=O)(=O)O)C3=CC2Oc2cc3c(cc21)CCCN3CCCS(=O)(=O)O. The quantitative estimate of drug-likeness (QED) is 0.243. The van der Waals surface area contributed by atoms with Crippen molar-refractivity contribution in [1.29, 1.82) is 0 Å². The molecule has 0 aromatic heterocycles. The van der Waals surface area contributed by atoms with Crippen molar-refractivity contribution in [3.05, 3.63) is 81.6 Å². The van der Waals surface area contributed by atoms with Gasteiger partial charge in [0, 0.05) is 60.3 Å². The van der Waals surface area contributed by atoms with Crippen LogP contribution in [0.2, 0.25) is 0 Å². The van der Waals surface area contributed by atoms with E-state index in [2.05, 4.69) is 0 Å². The molecule has 2 aromatic rings. The highest BCUT2D eigenvalue weighted by Crippen LogP contribution is 2.48. The van der Waals surface area contributed by atoms with Crippen LogP contribution in [0.15, 0.2) is 64.2 Å². The van der Waals surface area contributed by atoms with Crippen LogP contribution in [0, 0.1) is 0 Å². The molecule has 0 radical (unpaired) electrons. The Bertz CT molecular complexity index is 2140. The van der Waals surface area contributed by atoms with Gasteiger partial charge in [-0.3, -0.25) is 13.7 Å². The molecule has 4 N–H and O–H groups in total. The third-order valence-electron chi connectivity index (χ3n) is 9.15. The van der Waals surface area contributed by atoms with Crippen LogP contribution in [-0.2, 0) is 36.8 Å². The lowest BCUT2D eigenvalue weighted by Crippen LogP contribution is -2.36. The van der Waals surface area contributed by atoms with Crippen molar-refractivity contribution < 1.29 is 53.5 Å². The fraction of sp³-hybridized carbons (Fsp3) is 0.406. The summed E-state index contributed by atoms with van der Waals surface area (Å²) in [4.78, 5) is 16.1. The maximum atomic E-state index is 12.6. The van der Waals surface area contributed by atoms with Crippen molar-refractivity contribution >= 4 is 47.6 Å². The number of aromatic carboxylic acids is 1. The van der Waals surface area contributed by atoms with Gasteiger partial charge in [0.05, 0.1) is 22.0 Å².